The van der Waals surface area contributed by atoms with E-state index >= 15 is 0 Å². The summed E-state index contributed by atoms with van der Waals surface area (Å²) >= 11 is 0. The molecule has 1 aliphatic heterocycles. The number of nitrogens with zero attached hydrogens (tertiary/aromatic N) is 2. The molecule has 106 valence electrons. The molecule has 1 aromatic rings. The van der Waals surface area contributed by atoms with Gasteiger partial charge < -0.3 is 4.84 Å². The van der Waals surface area contributed by atoms with E-state index < -0.39 is 10.9 Å². The van der Waals surface area contributed by atoms with Crippen molar-refractivity contribution in [2.24, 2.45) is 4.99 Å². The van der Waals surface area contributed by atoms with E-state index in [0.29, 0.717) is 5.84 Å². The number of nitro groups is 1. The Labute approximate surface area is 115 Å². The van der Waals surface area contributed by atoms with Crippen molar-refractivity contribution in [2.75, 3.05) is 6.54 Å². The molecule has 0 bridgehead atoms. The van der Waals surface area contributed by atoms with Crippen LogP contribution in [0.15, 0.2) is 29.3 Å². The van der Waals surface area contributed by atoms with Crippen molar-refractivity contribution in [3.05, 3.63) is 39.9 Å². The number of benzene rings is 1. The number of nitrogens with one attached hydrogen (secondary N) is 1. The normalized spacial score (nSPS) is 14.9. The summed E-state index contributed by atoms with van der Waals surface area (Å²) in [6.45, 7) is 0.719. The van der Waals surface area contributed by atoms with E-state index in [4.69, 9.17) is 4.84 Å². The number of carbonyl (C=O) groups is 1. The topological polar surface area (TPSA) is 93.8 Å². The number of rotatable bonds is 2. The highest BCUT2D eigenvalue weighted by molar-refractivity contribution is 5.91. The van der Waals surface area contributed by atoms with Crippen molar-refractivity contribution >= 4 is 17.5 Å². The standard InChI is InChI=1S/C13H15N3O4/c17-13(10-5-4-6-11(9-10)16(18)19)20-15-12-7-2-1-3-8-14-12/h4-6,9H,1-3,7-8H2,(H,14,15). The predicted octanol–water partition coefficient (Wildman–Crippen LogP) is 2.23. The predicted molar refractivity (Wildman–Crippen MR) is 72.4 cm³/mol. The molecule has 1 N–H and O–H groups in total. The van der Waals surface area contributed by atoms with E-state index in [1.165, 1.54) is 24.3 Å². The first-order chi connectivity index (χ1) is 9.66. The van der Waals surface area contributed by atoms with Gasteiger partial charge in [-0.25, -0.2) is 10.3 Å². The minimum atomic E-state index is -0.666. The largest absolute Gasteiger partial charge is 0.363 e. The Morgan fingerprint density at radius 2 is 2.20 bits per heavy atom. The van der Waals surface area contributed by atoms with Gasteiger partial charge in [-0.1, -0.05) is 12.5 Å². The van der Waals surface area contributed by atoms with Gasteiger partial charge in [-0.05, 0) is 18.9 Å². The molecule has 0 aromatic heterocycles. The summed E-state index contributed by atoms with van der Waals surface area (Å²) in [5, 5.41) is 10.6. The van der Waals surface area contributed by atoms with Gasteiger partial charge in [-0.15, -0.1) is 0 Å². The maximum atomic E-state index is 11.8. The molecule has 2 rings (SSSR count). The van der Waals surface area contributed by atoms with Gasteiger partial charge in [0.1, 0.15) is 5.84 Å². The number of non-ortho nitro benzene ring substituents is 1. The first-order valence-electron chi connectivity index (χ1n) is 6.42. The summed E-state index contributed by atoms with van der Waals surface area (Å²) < 4.78 is 0. The third kappa shape index (κ3) is 3.78. The summed E-state index contributed by atoms with van der Waals surface area (Å²) in [6.07, 6.45) is 3.87. The SMILES string of the molecule is O=C(ONC1=NCCCCC1)c1cccc([N+](=O)[O-])c1. The van der Waals surface area contributed by atoms with Gasteiger partial charge in [0, 0.05) is 25.1 Å². The summed E-state index contributed by atoms with van der Waals surface area (Å²) in [7, 11) is 0. The van der Waals surface area contributed by atoms with Crippen LogP contribution in [-0.2, 0) is 4.84 Å². The van der Waals surface area contributed by atoms with Gasteiger partial charge in [-0.3, -0.25) is 15.1 Å². The fourth-order valence-corrected chi connectivity index (χ4v) is 1.87. The maximum absolute atomic E-state index is 11.8. The van der Waals surface area contributed by atoms with Gasteiger partial charge >= 0.3 is 5.97 Å². The van der Waals surface area contributed by atoms with Crippen molar-refractivity contribution in [2.45, 2.75) is 25.7 Å². The Hall–Kier alpha value is -2.44. The number of amidine groups is 1. The van der Waals surface area contributed by atoms with Crippen molar-refractivity contribution < 1.29 is 14.6 Å². The van der Waals surface area contributed by atoms with Gasteiger partial charge in [0.2, 0.25) is 0 Å². The average Bonchev–Trinajstić information content (AvgIpc) is 2.73. The molecule has 7 heteroatoms. The summed E-state index contributed by atoms with van der Waals surface area (Å²) in [6, 6.07) is 5.41. The number of carbonyl (C=O) groups excluding carboxylic acids is 1. The molecule has 1 aliphatic rings. The summed E-state index contributed by atoms with van der Waals surface area (Å²) in [4.78, 5) is 31.0. The molecule has 0 saturated carbocycles. The molecule has 0 amide bonds. The van der Waals surface area contributed by atoms with Crippen LogP contribution >= 0.6 is 0 Å². The molecule has 20 heavy (non-hydrogen) atoms. The van der Waals surface area contributed by atoms with Crippen LogP contribution < -0.4 is 5.48 Å². The minimum Gasteiger partial charge on any atom is -0.337 e. The Bertz CT molecular complexity index is 542. The van der Waals surface area contributed by atoms with Crippen molar-refractivity contribution in [1.29, 1.82) is 0 Å². The zero-order valence-corrected chi connectivity index (χ0v) is 10.9. The lowest BCUT2D eigenvalue weighted by Gasteiger charge is -2.08. The van der Waals surface area contributed by atoms with E-state index in [-0.39, 0.29) is 11.3 Å². The Morgan fingerprint density at radius 1 is 1.35 bits per heavy atom. The molecule has 0 unspecified atom stereocenters. The minimum absolute atomic E-state index is 0.126. The zero-order chi connectivity index (χ0) is 14.4. The smallest absolute Gasteiger partial charge is 0.337 e. The molecule has 0 atom stereocenters. The molecule has 0 saturated heterocycles. The molecule has 1 heterocycles. The lowest BCUT2D eigenvalue weighted by atomic mass is 10.2. The molecular formula is C13H15N3O4. The Morgan fingerprint density at radius 3 is 3.00 bits per heavy atom. The van der Waals surface area contributed by atoms with Gasteiger partial charge in [0.15, 0.2) is 0 Å². The second-order valence-corrected chi connectivity index (χ2v) is 4.44. The highest BCUT2D eigenvalue weighted by Gasteiger charge is 2.14. The highest BCUT2D eigenvalue weighted by atomic mass is 16.7. The van der Waals surface area contributed by atoms with E-state index in [0.717, 1.165) is 32.2 Å². The van der Waals surface area contributed by atoms with Gasteiger partial charge in [0.25, 0.3) is 5.69 Å². The first-order valence-corrected chi connectivity index (χ1v) is 6.42. The van der Waals surface area contributed by atoms with Crippen LogP contribution in [0.3, 0.4) is 0 Å². The number of hydrogen-bond donors (Lipinski definition) is 1. The van der Waals surface area contributed by atoms with Crippen LogP contribution in [-0.4, -0.2) is 23.3 Å². The fourth-order valence-electron chi connectivity index (χ4n) is 1.87. The number of aliphatic imine (C=N–C) groups is 1. The Kier molecular flexibility index (Phi) is 4.65. The van der Waals surface area contributed by atoms with E-state index in [9.17, 15) is 14.9 Å². The van der Waals surface area contributed by atoms with Crippen LogP contribution in [0.2, 0.25) is 0 Å². The third-order valence-electron chi connectivity index (χ3n) is 2.93. The molecule has 1 aromatic carbocycles. The van der Waals surface area contributed by atoms with E-state index in [1.807, 2.05) is 0 Å². The van der Waals surface area contributed by atoms with Crippen LogP contribution in [0, 0.1) is 10.1 Å². The van der Waals surface area contributed by atoms with Crippen molar-refractivity contribution in [3.63, 3.8) is 0 Å². The Balaban J connectivity index is 1.96. The summed E-state index contributed by atoms with van der Waals surface area (Å²) in [5.74, 6) is -0.0260. The summed E-state index contributed by atoms with van der Waals surface area (Å²) in [5.41, 5.74) is 2.52. The quantitative estimate of drug-likeness (QED) is 0.660. The van der Waals surface area contributed by atoms with Crippen molar-refractivity contribution in [1.82, 2.24) is 5.48 Å². The van der Waals surface area contributed by atoms with Gasteiger partial charge in [-0.2, -0.15) is 0 Å². The number of hydrogen-bond acceptors (Lipinski definition) is 6. The zero-order valence-electron chi connectivity index (χ0n) is 10.9. The second kappa shape index (κ2) is 6.65. The van der Waals surface area contributed by atoms with Gasteiger partial charge in [0.05, 0.1) is 10.5 Å². The molecule has 0 spiro atoms. The number of hydroxylamine groups is 1. The third-order valence-corrected chi connectivity index (χ3v) is 2.93. The fraction of sp³-hybridized carbons (Fsp3) is 0.385. The second-order valence-electron chi connectivity index (χ2n) is 4.44. The molecule has 0 radical (unpaired) electrons. The van der Waals surface area contributed by atoms with Crippen LogP contribution in [0.4, 0.5) is 5.69 Å². The monoisotopic (exact) mass is 277 g/mol. The lowest BCUT2D eigenvalue weighted by Crippen LogP contribution is -2.27. The van der Waals surface area contributed by atoms with E-state index in [1.54, 1.807) is 0 Å². The highest BCUT2D eigenvalue weighted by Crippen LogP contribution is 2.13. The molecule has 0 aliphatic carbocycles. The first kappa shape index (κ1) is 14.0. The number of nitro benzene ring substituents is 1. The van der Waals surface area contributed by atoms with Crippen molar-refractivity contribution in [3.8, 4) is 0 Å². The molecular weight excluding hydrogens is 262 g/mol. The van der Waals surface area contributed by atoms with Crippen LogP contribution in [0.5, 0.6) is 0 Å². The van der Waals surface area contributed by atoms with Crippen LogP contribution in [0.25, 0.3) is 0 Å². The van der Waals surface area contributed by atoms with E-state index in [2.05, 4.69) is 10.5 Å². The lowest BCUT2D eigenvalue weighted by molar-refractivity contribution is -0.384. The molecule has 7 nitrogen and oxygen atoms in total. The molecule has 0 fully saturated rings. The van der Waals surface area contributed by atoms with Crippen LogP contribution in [0.1, 0.15) is 36.0 Å². The maximum Gasteiger partial charge on any atom is 0.363 e. The average molecular weight is 277 g/mol.